The average molecular weight is 414 g/mol. The second kappa shape index (κ2) is 8.76. The highest BCUT2D eigenvalue weighted by atomic mass is 16.5. The molecule has 1 aliphatic carbocycles. The lowest BCUT2D eigenvalue weighted by atomic mass is 9.78. The molecule has 2 fully saturated rings. The Bertz CT molecular complexity index is 853. The maximum atomic E-state index is 12.7. The first kappa shape index (κ1) is 20.8. The number of likely N-dealkylation sites (tertiary alicyclic amines) is 1. The van der Waals surface area contributed by atoms with E-state index in [1.807, 2.05) is 23.1 Å². The van der Waals surface area contributed by atoms with Gasteiger partial charge in [-0.1, -0.05) is 6.07 Å². The summed E-state index contributed by atoms with van der Waals surface area (Å²) in [5, 5.41) is 14.7. The average Bonchev–Trinajstić information content (AvgIpc) is 3.13. The highest BCUT2D eigenvalue weighted by molar-refractivity contribution is 5.94. The van der Waals surface area contributed by atoms with Gasteiger partial charge in [-0.05, 0) is 74.6 Å². The van der Waals surface area contributed by atoms with Crippen molar-refractivity contribution in [3.05, 3.63) is 29.3 Å². The number of rotatable bonds is 5. The molecule has 7 nitrogen and oxygen atoms in total. The van der Waals surface area contributed by atoms with Crippen LogP contribution in [0.25, 0.3) is 0 Å². The van der Waals surface area contributed by atoms with Crippen molar-refractivity contribution in [3.63, 3.8) is 0 Å². The summed E-state index contributed by atoms with van der Waals surface area (Å²) in [6.45, 7) is 5.56. The topological polar surface area (TPSA) is 91.2 Å². The van der Waals surface area contributed by atoms with Crippen molar-refractivity contribution >= 4 is 17.5 Å². The Kier molecular flexibility index (Phi) is 6.09. The number of ether oxygens (including phenoxy) is 1. The van der Waals surface area contributed by atoms with Crippen molar-refractivity contribution in [3.8, 4) is 5.75 Å². The van der Waals surface area contributed by atoms with Crippen LogP contribution in [-0.4, -0.2) is 52.8 Å². The quantitative estimate of drug-likeness (QED) is 0.775. The molecule has 2 aliphatic heterocycles. The van der Waals surface area contributed by atoms with Crippen LogP contribution in [0.1, 0.15) is 49.7 Å². The van der Waals surface area contributed by atoms with Gasteiger partial charge in [-0.3, -0.25) is 9.59 Å². The minimum atomic E-state index is -0.511. The Morgan fingerprint density at radius 3 is 2.67 bits per heavy atom. The zero-order chi connectivity index (χ0) is 21.3. The van der Waals surface area contributed by atoms with Gasteiger partial charge in [0.2, 0.25) is 11.8 Å². The number of nitrogens with zero attached hydrogens (tertiary/aromatic N) is 2. The molecule has 1 saturated heterocycles. The number of hydrogen-bond acceptors (Lipinski definition) is 5. The molecule has 1 aromatic carbocycles. The highest BCUT2D eigenvalue weighted by Crippen LogP contribution is 2.38. The molecule has 0 unspecified atom stereocenters. The molecule has 2 N–H and O–H groups in total. The second-order valence-electron chi connectivity index (χ2n) is 8.97. The van der Waals surface area contributed by atoms with Gasteiger partial charge in [0.25, 0.3) is 0 Å². The van der Waals surface area contributed by atoms with Crippen molar-refractivity contribution < 1.29 is 19.4 Å². The number of nitrogens with one attached hydrogen (secondary N) is 1. The summed E-state index contributed by atoms with van der Waals surface area (Å²) in [5.74, 6) is 1.55. The van der Waals surface area contributed by atoms with E-state index >= 15 is 0 Å². The van der Waals surface area contributed by atoms with Gasteiger partial charge >= 0.3 is 0 Å². The van der Waals surface area contributed by atoms with Crippen LogP contribution in [0, 0.1) is 25.7 Å². The van der Waals surface area contributed by atoms with Crippen LogP contribution in [0.4, 0.5) is 0 Å². The third-order valence-corrected chi connectivity index (χ3v) is 6.81. The first-order chi connectivity index (χ1) is 14.4. The van der Waals surface area contributed by atoms with Crippen LogP contribution in [0.2, 0.25) is 0 Å². The predicted octanol–water partition coefficient (Wildman–Crippen LogP) is 2.33. The Balaban J connectivity index is 1.30. The third kappa shape index (κ3) is 4.67. The van der Waals surface area contributed by atoms with Gasteiger partial charge in [-0.2, -0.15) is 5.10 Å². The van der Waals surface area contributed by atoms with Gasteiger partial charge < -0.3 is 14.7 Å². The number of aliphatic hydroxyl groups is 1. The molecule has 1 aromatic rings. The summed E-state index contributed by atoms with van der Waals surface area (Å²) in [6, 6.07) is 6.03. The molecule has 0 aromatic heterocycles. The fourth-order valence-electron chi connectivity index (χ4n) is 4.78. The molecule has 0 spiro atoms. The molecule has 4 atom stereocenters. The molecule has 1 saturated carbocycles. The number of hydrogen-bond donors (Lipinski definition) is 2. The molecule has 162 valence electrons. The van der Waals surface area contributed by atoms with E-state index in [2.05, 4.69) is 24.4 Å². The van der Waals surface area contributed by atoms with Crippen LogP contribution in [-0.2, 0) is 9.59 Å². The molecule has 4 rings (SSSR count). The summed E-state index contributed by atoms with van der Waals surface area (Å²) in [4.78, 5) is 25.8. The number of carbonyl (C=O) groups excluding carboxylic acids is 2. The fraction of sp³-hybridized carbons (Fsp3) is 0.609. The zero-order valence-electron chi connectivity index (χ0n) is 17.8. The SMILES string of the molecule is Cc1ccc(O[C@@H]2C[C@@H]3CN(C(=O)CCC4=NNC(=O)CC4)C[C@@H]3C[C@H]2O)cc1C. The van der Waals surface area contributed by atoms with Crippen LogP contribution >= 0.6 is 0 Å². The highest BCUT2D eigenvalue weighted by Gasteiger charge is 2.43. The van der Waals surface area contributed by atoms with Gasteiger partial charge in [0, 0.05) is 31.6 Å². The van der Waals surface area contributed by atoms with Gasteiger partial charge in [0.05, 0.1) is 6.10 Å². The van der Waals surface area contributed by atoms with Crippen LogP contribution in [0.15, 0.2) is 23.3 Å². The Labute approximate surface area is 177 Å². The van der Waals surface area contributed by atoms with Crippen molar-refractivity contribution in [1.29, 1.82) is 0 Å². The molecular weight excluding hydrogens is 382 g/mol. The lowest BCUT2D eigenvalue weighted by Gasteiger charge is -2.35. The minimum Gasteiger partial charge on any atom is -0.488 e. The third-order valence-electron chi connectivity index (χ3n) is 6.81. The second-order valence-corrected chi connectivity index (χ2v) is 8.97. The van der Waals surface area contributed by atoms with E-state index in [1.54, 1.807) is 0 Å². The number of aliphatic hydroxyl groups excluding tert-OH is 1. The van der Waals surface area contributed by atoms with Crippen LogP contribution in [0.3, 0.4) is 0 Å². The smallest absolute Gasteiger partial charge is 0.240 e. The van der Waals surface area contributed by atoms with E-state index in [4.69, 9.17) is 4.74 Å². The fourth-order valence-corrected chi connectivity index (χ4v) is 4.78. The predicted molar refractivity (Wildman–Crippen MR) is 113 cm³/mol. The largest absolute Gasteiger partial charge is 0.488 e. The summed E-state index contributed by atoms with van der Waals surface area (Å²) in [5.41, 5.74) is 5.77. The van der Waals surface area contributed by atoms with E-state index in [9.17, 15) is 14.7 Å². The molecule has 3 aliphatic rings. The first-order valence-corrected chi connectivity index (χ1v) is 10.9. The summed E-state index contributed by atoms with van der Waals surface area (Å²) in [7, 11) is 0. The Hall–Kier alpha value is -2.41. The maximum absolute atomic E-state index is 12.7. The standard InChI is InChI=1S/C23H31N3O4/c1-14-3-6-19(9-15(14)2)30-21-11-17-13-26(12-16(17)10-20(21)27)23(29)8-5-18-4-7-22(28)25-24-18/h3,6,9,16-17,20-21,27H,4-5,7-8,10-13H2,1-2H3,(H,25,28)/t16-,17+,20+,21+/m0/s1. The number of benzene rings is 1. The van der Waals surface area contributed by atoms with Gasteiger partial charge in [0.1, 0.15) is 11.9 Å². The number of hydrazone groups is 1. The molecule has 7 heteroatoms. The van der Waals surface area contributed by atoms with Crippen LogP contribution < -0.4 is 10.2 Å². The maximum Gasteiger partial charge on any atom is 0.240 e. The molecule has 0 radical (unpaired) electrons. The Morgan fingerprint density at radius 1 is 1.20 bits per heavy atom. The summed E-state index contributed by atoms with van der Waals surface area (Å²) in [6.07, 6.45) is 2.77. The molecule has 2 heterocycles. The van der Waals surface area contributed by atoms with Crippen molar-refractivity contribution in [2.24, 2.45) is 16.9 Å². The van der Waals surface area contributed by atoms with Gasteiger partial charge in [-0.25, -0.2) is 5.43 Å². The number of carbonyl (C=O) groups is 2. The molecule has 2 amide bonds. The molecular formula is C23H31N3O4. The zero-order valence-corrected chi connectivity index (χ0v) is 17.8. The minimum absolute atomic E-state index is 0.0650. The lowest BCUT2D eigenvalue weighted by Crippen LogP contribution is -2.42. The number of aryl methyl sites for hydroxylation is 2. The molecule has 30 heavy (non-hydrogen) atoms. The number of fused-ring (bicyclic) bond motifs is 1. The van der Waals surface area contributed by atoms with Crippen LogP contribution in [0.5, 0.6) is 5.75 Å². The Morgan fingerprint density at radius 2 is 1.97 bits per heavy atom. The van der Waals surface area contributed by atoms with Gasteiger partial charge in [-0.15, -0.1) is 0 Å². The summed E-state index contributed by atoms with van der Waals surface area (Å²) >= 11 is 0. The van der Waals surface area contributed by atoms with Crippen molar-refractivity contribution in [2.75, 3.05) is 13.1 Å². The van der Waals surface area contributed by atoms with Gasteiger partial charge in [0.15, 0.2) is 0 Å². The van der Waals surface area contributed by atoms with E-state index < -0.39 is 6.10 Å². The first-order valence-electron chi connectivity index (χ1n) is 10.9. The van der Waals surface area contributed by atoms with E-state index in [1.165, 1.54) is 11.1 Å². The van der Waals surface area contributed by atoms with E-state index in [-0.39, 0.29) is 17.9 Å². The van der Waals surface area contributed by atoms with E-state index in [0.717, 1.165) is 24.4 Å². The monoisotopic (exact) mass is 413 g/mol. The molecule has 0 bridgehead atoms. The summed E-state index contributed by atoms with van der Waals surface area (Å²) < 4.78 is 6.14. The normalized spacial score (nSPS) is 28.6. The van der Waals surface area contributed by atoms with Crippen molar-refractivity contribution in [1.82, 2.24) is 10.3 Å². The number of amides is 2. The lowest BCUT2D eigenvalue weighted by molar-refractivity contribution is -0.130. The van der Waals surface area contributed by atoms with E-state index in [0.29, 0.717) is 50.5 Å². The van der Waals surface area contributed by atoms with Crippen molar-refractivity contribution in [2.45, 2.75) is 64.6 Å².